The van der Waals surface area contributed by atoms with E-state index in [1.165, 1.54) is 0 Å². The smallest absolute Gasteiger partial charge is 0.325 e. The Morgan fingerprint density at radius 1 is 1.17 bits per heavy atom. The van der Waals surface area contributed by atoms with Gasteiger partial charge in [0.15, 0.2) is 0 Å². The van der Waals surface area contributed by atoms with E-state index in [9.17, 15) is 14.4 Å². The Morgan fingerprint density at radius 2 is 1.88 bits per heavy atom. The molecular weight excluding hydrogens is 306 g/mol. The van der Waals surface area contributed by atoms with E-state index < -0.39 is 17.5 Å². The molecule has 1 aliphatic heterocycles. The molecular formula is C18H19N3O3. The summed E-state index contributed by atoms with van der Waals surface area (Å²) in [4.78, 5) is 37.7. The first-order valence-electron chi connectivity index (χ1n) is 7.86. The van der Waals surface area contributed by atoms with Crippen molar-refractivity contribution in [1.82, 2.24) is 15.5 Å². The second kappa shape index (κ2) is 5.96. The molecule has 0 saturated carbocycles. The van der Waals surface area contributed by atoms with Gasteiger partial charge >= 0.3 is 6.03 Å². The summed E-state index contributed by atoms with van der Waals surface area (Å²) in [7, 11) is 0. The molecule has 1 fully saturated rings. The summed E-state index contributed by atoms with van der Waals surface area (Å²) < 4.78 is 0. The third-order valence-corrected chi connectivity index (χ3v) is 4.28. The highest BCUT2D eigenvalue weighted by Gasteiger charge is 2.49. The number of imide groups is 1. The van der Waals surface area contributed by atoms with Gasteiger partial charge in [0.05, 0.1) is 0 Å². The summed E-state index contributed by atoms with van der Waals surface area (Å²) in [5, 5.41) is 7.35. The molecule has 1 atom stereocenters. The molecule has 2 aromatic carbocycles. The lowest BCUT2D eigenvalue weighted by Crippen LogP contribution is -2.43. The molecule has 1 heterocycles. The number of hydrogen-bond donors (Lipinski definition) is 2. The van der Waals surface area contributed by atoms with Gasteiger partial charge < -0.3 is 10.6 Å². The number of fused-ring (bicyclic) bond motifs is 1. The number of carbonyl (C=O) groups is 3. The molecule has 3 rings (SSSR count). The van der Waals surface area contributed by atoms with Crippen LogP contribution in [0.5, 0.6) is 0 Å². The number of benzene rings is 2. The molecule has 4 amide bonds. The molecule has 0 radical (unpaired) electrons. The molecule has 0 spiro atoms. The lowest BCUT2D eigenvalue weighted by molar-refractivity contribution is -0.134. The van der Waals surface area contributed by atoms with Gasteiger partial charge in [0, 0.05) is 6.54 Å². The topological polar surface area (TPSA) is 78.5 Å². The van der Waals surface area contributed by atoms with Crippen LogP contribution in [0.15, 0.2) is 42.5 Å². The Bertz CT molecular complexity index is 833. The maximum atomic E-state index is 12.8. The van der Waals surface area contributed by atoms with Crippen molar-refractivity contribution < 1.29 is 14.4 Å². The zero-order chi connectivity index (χ0) is 17.3. The molecule has 0 bridgehead atoms. The molecule has 1 aliphatic rings. The quantitative estimate of drug-likeness (QED) is 0.841. The van der Waals surface area contributed by atoms with Crippen LogP contribution in [0.4, 0.5) is 4.79 Å². The van der Waals surface area contributed by atoms with Crippen LogP contribution < -0.4 is 10.6 Å². The number of rotatable bonds is 4. The second-order valence-corrected chi connectivity index (χ2v) is 5.96. The van der Waals surface area contributed by atoms with Gasteiger partial charge in [0.25, 0.3) is 5.91 Å². The molecule has 1 unspecified atom stereocenters. The monoisotopic (exact) mass is 325 g/mol. The Kier molecular flexibility index (Phi) is 3.97. The van der Waals surface area contributed by atoms with Crippen LogP contribution in [0.3, 0.4) is 0 Å². The van der Waals surface area contributed by atoms with E-state index in [2.05, 4.69) is 10.6 Å². The maximum Gasteiger partial charge on any atom is 0.325 e. The van der Waals surface area contributed by atoms with E-state index in [1.54, 1.807) is 13.8 Å². The number of urea groups is 1. The lowest BCUT2D eigenvalue weighted by Gasteiger charge is -2.22. The fourth-order valence-corrected chi connectivity index (χ4v) is 2.93. The van der Waals surface area contributed by atoms with Gasteiger partial charge in [-0.2, -0.15) is 0 Å². The minimum absolute atomic E-state index is 0.276. The average Bonchev–Trinajstić information content (AvgIpc) is 2.79. The summed E-state index contributed by atoms with van der Waals surface area (Å²) in [6, 6.07) is 12.9. The van der Waals surface area contributed by atoms with E-state index in [1.807, 2.05) is 42.5 Å². The normalized spacial score (nSPS) is 20.3. The Hall–Kier alpha value is -2.89. The third kappa shape index (κ3) is 2.60. The van der Waals surface area contributed by atoms with E-state index in [4.69, 9.17) is 0 Å². The van der Waals surface area contributed by atoms with E-state index in [0.29, 0.717) is 12.1 Å². The largest absolute Gasteiger partial charge is 0.355 e. The number of likely N-dealkylation sites (N-methyl/N-ethyl adjacent to an activating group) is 1. The first-order chi connectivity index (χ1) is 11.5. The van der Waals surface area contributed by atoms with Gasteiger partial charge in [0.2, 0.25) is 5.91 Å². The Balaban J connectivity index is 1.92. The van der Waals surface area contributed by atoms with Crippen molar-refractivity contribution in [2.24, 2.45) is 0 Å². The van der Waals surface area contributed by atoms with E-state index >= 15 is 0 Å². The number of carbonyl (C=O) groups excluding carboxylic acids is 3. The molecule has 6 heteroatoms. The summed E-state index contributed by atoms with van der Waals surface area (Å²) in [6.07, 6.45) is 0. The van der Waals surface area contributed by atoms with Gasteiger partial charge in [0.1, 0.15) is 12.1 Å². The number of hydrogen-bond acceptors (Lipinski definition) is 3. The Labute approximate surface area is 139 Å². The molecule has 0 aromatic heterocycles. The van der Waals surface area contributed by atoms with Crippen molar-refractivity contribution >= 4 is 28.6 Å². The van der Waals surface area contributed by atoms with Crippen LogP contribution in [0.25, 0.3) is 10.8 Å². The van der Waals surface area contributed by atoms with Crippen molar-refractivity contribution in [3.63, 3.8) is 0 Å². The predicted molar refractivity (Wildman–Crippen MR) is 90.2 cm³/mol. The average molecular weight is 325 g/mol. The van der Waals surface area contributed by atoms with Crippen LogP contribution >= 0.6 is 0 Å². The molecule has 124 valence electrons. The Morgan fingerprint density at radius 3 is 2.58 bits per heavy atom. The van der Waals surface area contributed by atoms with E-state index in [-0.39, 0.29) is 12.5 Å². The molecule has 24 heavy (non-hydrogen) atoms. The number of nitrogens with zero attached hydrogens (tertiary/aromatic N) is 1. The van der Waals surface area contributed by atoms with Gasteiger partial charge in [-0.25, -0.2) is 4.79 Å². The zero-order valence-electron chi connectivity index (χ0n) is 13.6. The molecule has 2 aromatic rings. The van der Waals surface area contributed by atoms with Crippen molar-refractivity contribution in [3.05, 3.63) is 48.0 Å². The highest BCUT2D eigenvalue weighted by atomic mass is 16.2. The van der Waals surface area contributed by atoms with Crippen LogP contribution in [0.1, 0.15) is 19.4 Å². The molecule has 2 N–H and O–H groups in total. The lowest BCUT2D eigenvalue weighted by atomic mass is 9.90. The van der Waals surface area contributed by atoms with Gasteiger partial charge in [-0.1, -0.05) is 36.4 Å². The van der Waals surface area contributed by atoms with Crippen LogP contribution in [-0.4, -0.2) is 35.8 Å². The minimum atomic E-state index is -1.17. The van der Waals surface area contributed by atoms with E-state index in [0.717, 1.165) is 15.7 Å². The standard InChI is InChI=1S/C18H19N3O3/c1-3-19-15(22)11-21-16(23)18(2,20-17(21)24)14-9-8-12-6-4-5-7-13(12)10-14/h4-10H,3,11H2,1-2H3,(H,19,22)(H,20,24). The number of nitrogens with one attached hydrogen (secondary N) is 2. The van der Waals surface area contributed by atoms with Crippen LogP contribution in [-0.2, 0) is 15.1 Å². The highest BCUT2D eigenvalue weighted by molar-refractivity contribution is 6.09. The number of amides is 4. The highest BCUT2D eigenvalue weighted by Crippen LogP contribution is 2.30. The van der Waals surface area contributed by atoms with Gasteiger partial charge in [-0.15, -0.1) is 0 Å². The summed E-state index contributed by atoms with van der Waals surface area (Å²) in [5.41, 5.74) is -0.480. The van der Waals surface area contributed by atoms with Crippen LogP contribution in [0, 0.1) is 0 Å². The maximum absolute atomic E-state index is 12.8. The zero-order valence-corrected chi connectivity index (χ0v) is 13.6. The first-order valence-corrected chi connectivity index (χ1v) is 7.86. The predicted octanol–water partition coefficient (Wildman–Crippen LogP) is 1.74. The van der Waals surface area contributed by atoms with Crippen molar-refractivity contribution in [2.45, 2.75) is 19.4 Å². The SMILES string of the molecule is CCNC(=O)CN1C(=O)NC(C)(c2ccc3ccccc3c2)C1=O. The fraction of sp³-hybridized carbons (Fsp3) is 0.278. The third-order valence-electron chi connectivity index (χ3n) is 4.28. The van der Waals surface area contributed by atoms with Crippen LogP contribution in [0.2, 0.25) is 0 Å². The van der Waals surface area contributed by atoms with Crippen molar-refractivity contribution in [3.8, 4) is 0 Å². The fourth-order valence-electron chi connectivity index (χ4n) is 2.93. The molecule has 6 nitrogen and oxygen atoms in total. The molecule has 1 saturated heterocycles. The first kappa shape index (κ1) is 16.0. The summed E-state index contributed by atoms with van der Waals surface area (Å²) >= 11 is 0. The summed E-state index contributed by atoms with van der Waals surface area (Å²) in [6.45, 7) is 3.62. The van der Waals surface area contributed by atoms with Crippen molar-refractivity contribution in [1.29, 1.82) is 0 Å². The van der Waals surface area contributed by atoms with Crippen molar-refractivity contribution in [2.75, 3.05) is 13.1 Å². The van der Waals surface area contributed by atoms with Gasteiger partial charge in [-0.3, -0.25) is 14.5 Å². The minimum Gasteiger partial charge on any atom is -0.355 e. The second-order valence-electron chi connectivity index (χ2n) is 5.96. The molecule has 0 aliphatic carbocycles. The van der Waals surface area contributed by atoms with Gasteiger partial charge in [-0.05, 0) is 36.2 Å². The summed E-state index contributed by atoms with van der Waals surface area (Å²) in [5.74, 6) is -0.780.